The molecule has 0 saturated carbocycles. The van der Waals surface area contributed by atoms with E-state index in [-0.39, 0.29) is 12.4 Å². The van der Waals surface area contributed by atoms with Crippen LogP contribution >= 0.6 is 0 Å². The molecule has 1 atom stereocenters. The molecule has 5 heteroatoms. The Labute approximate surface area is 126 Å². The molecule has 2 aromatic carbocycles. The Hall–Kier alpha value is -2.69. The second kappa shape index (κ2) is 5.26. The van der Waals surface area contributed by atoms with Crippen molar-refractivity contribution in [3.8, 4) is 5.75 Å². The van der Waals surface area contributed by atoms with Crippen molar-refractivity contribution in [2.24, 2.45) is 0 Å². The molecule has 1 heterocycles. The van der Waals surface area contributed by atoms with Crippen LogP contribution in [0.15, 0.2) is 36.4 Å². The molecule has 1 aliphatic heterocycles. The number of carboxylic acid groups (broad SMARTS) is 1. The number of carboxylic acids is 1. The number of ketones is 1. The third-order valence-electron chi connectivity index (χ3n) is 3.82. The average Bonchev–Trinajstić information content (AvgIpc) is 2.63. The van der Waals surface area contributed by atoms with Crippen LogP contribution in [0.25, 0.3) is 0 Å². The van der Waals surface area contributed by atoms with Gasteiger partial charge in [-0.05, 0) is 42.8 Å². The highest BCUT2D eigenvalue weighted by molar-refractivity contribution is 6.12. The summed E-state index contributed by atoms with van der Waals surface area (Å²) in [7, 11) is 0. The number of hydrogen-bond acceptors (Lipinski definition) is 3. The van der Waals surface area contributed by atoms with E-state index in [0.29, 0.717) is 28.0 Å². The van der Waals surface area contributed by atoms with E-state index in [0.717, 1.165) is 0 Å². The third kappa shape index (κ3) is 2.35. The summed E-state index contributed by atoms with van der Waals surface area (Å²) >= 11 is 0. The molecule has 4 nitrogen and oxygen atoms in total. The molecular formula is C17H13FO4. The van der Waals surface area contributed by atoms with Crippen molar-refractivity contribution >= 4 is 11.8 Å². The largest absolute Gasteiger partial charge is 0.488 e. The summed E-state index contributed by atoms with van der Waals surface area (Å²) in [5.41, 5.74) is 1.79. The van der Waals surface area contributed by atoms with Crippen LogP contribution in [0.5, 0.6) is 5.75 Å². The normalized spacial score (nSPS) is 14.4. The van der Waals surface area contributed by atoms with Gasteiger partial charge in [-0.25, -0.2) is 4.39 Å². The average molecular weight is 300 g/mol. The zero-order valence-corrected chi connectivity index (χ0v) is 11.8. The maximum Gasteiger partial charge on any atom is 0.310 e. The lowest BCUT2D eigenvalue weighted by Crippen LogP contribution is -2.08. The predicted octanol–water partition coefficient (Wildman–Crippen LogP) is 3.14. The number of ether oxygens (including phenoxy) is 1. The van der Waals surface area contributed by atoms with Crippen molar-refractivity contribution in [2.75, 3.05) is 0 Å². The van der Waals surface area contributed by atoms with Crippen LogP contribution in [0.1, 0.15) is 39.9 Å². The standard InChI is InChI=1S/C17H13FO4/c1-9(17(20)21)10-2-4-14-15(7-10)22-8-11-6-12(18)3-5-13(11)16(14)19/h2-7,9H,8H2,1H3,(H,20,21)/t9-/m1/s1. The maximum atomic E-state index is 13.3. The fraction of sp³-hybridized carbons (Fsp3) is 0.176. The quantitative estimate of drug-likeness (QED) is 0.925. The van der Waals surface area contributed by atoms with Crippen LogP contribution in [0.3, 0.4) is 0 Å². The lowest BCUT2D eigenvalue weighted by Gasteiger charge is -2.11. The molecule has 0 spiro atoms. The molecular weight excluding hydrogens is 287 g/mol. The van der Waals surface area contributed by atoms with E-state index in [1.165, 1.54) is 18.2 Å². The van der Waals surface area contributed by atoms with Gasteiger partial charge in [-0.1, -0.05) is 6.07 Å². The highest BCUT2D eigenvalue weighted by Crippen LogP contribution is 2.31. The van der Waals surface area contributed by atoms with Gasteiger partial charge in [-0.15, -0.1) is 0 Å². The van der Waals surface area contributed by atoms with Gasteiger partial charge in [0.05, 0.1) is 11.5 Å². The van der Waals surface area contributed by atoms with Gasteiger partial charge in [0, 0.05) is 11.1 Å². The molecule has 0 amide bonds. The highest BCUT2D eigenvalue weighted by Gasteiger charge is 2.24. The second-order valence-electron chi connectivity index (χ2n) is 5.23. The zero-order chi connectivity index (χ0) is 15.9. The van der Waals surface area contributed by atoms with Gasteiger partial charge in [-0.3, -0.25) is 9.59 Å². The Morgan fingerprint density at radius 3 is 2.68 bits per heavy atom. The van der Waals surface area contributed by atoms with Crippen LogP contribution in [0.2, 0.25) is 0 Å². The SMILES string of the molecule is C[C@@H](C(=O)O)c1ccc2c(c1)OCc1cc(F)ccc1C2=O. The summed E-state index contributed by atoms with van der Waals surface area (Å²) in [4.78, 5) is 23.6. The topological polar surface area (TPSA) is 63.6 Å². The number of benzene rings is 2. The molecule has 0 fully saturated rings. The molecule has 0 aliphatic carbocycles. The Balaban J connectivity index is 2.06. The van der Waals surface area contributed by atoms with Crippen molar-refractivity contribution in [1.29, 1.82) is 0 Å². The number of carbonyl (C=O) groups is 2. The monoisotopic (exact) mass is 300 g/mol. The lowest BCUT2D eigenvalue weighted by atomic mass is 9.95. The Morgan fingerprint density at radius 1 is 1.23 bits per heavy atom. The molecule has 0 aromatic heterocycles. The summed E-state index contributed by atoms with van der Waals surface area (Å²) in [6.07, 6.45) is 0. The Morgan fingerprint density at radius 2 is 1.95 bits per heavy atom. The minimum absolute atomic E-state index is 0.0662. The number of carbonyl (C=O) groups excluding carboxylic acids is 1. The first-order valence-electron chi connectivity index (χ1n) is 6.80. The lowest BCUT2D eigenvalue weighted by molar-refractivity contribution is -0.138. The molecule has 0 radical (unpaired) electrons. The molecule has 1 aliphatic rings. The number of hydrogen-bond donors (Lipinski definition) is 1. The third-order valence-corrected chi connectivity index (χ3v) is 3.82. The van der Waals surface area contributed by atoms with Crippen molar-refractivity contribution in [3.05, 3.63) is 64.5 Å². The maximum absolute atomic E-state index is 13.3. The minimum Gasteiger partial charge on any atom is -0.488 e. The van der Waals surface area contributed by atoms with Gasteiger partial charge in [0.2, 0.25) is 0 Å². The van der Waals surface area contributed by atoms with Gasteiger partial charge >= 0.3 is 5.97 Å². The summed E-state index contributed by atoms with van der Waals surface area (Å²) in [5.74, 6) is -2.01. The van der Waals surface area contributed by atoms with Crippen LogP contribution in [0, 0.1) is 5.82 Å². The first-order valence-corrected chi connectivity index (χ1v) is 6.80. The molecule has 2 aromatic rings. The molecule has 112 valence electrons. The van der Waals surface area contributed by atoms with E-state index in [1.807, 2.05) is 0 Å². The van der Waals surface area contributed by atoms with Crippen LogP contribution in [-0.4, -0.2) is 16.9 Å². The zero-order valence-electron chi connectivity index (χ0n) is 11.8. The van der Waals surface area contributed by atoms with Crippen molar-refractivity contribution in [3.63, 3.8) is 0 Å². The summed E-state index contributed by atoms with van der Waals surface area (Å²) in [5, 5.41) is 9.07. The predicted molar refractivity (Wildman–Crippen MR) is 76.7 cm³/mol. The second-order valence-corrected chi connectivity index (χ2v) is 5.23. The van der Waals surface area contributed by atoms with Crippen LogP contribution < -0.4 is 4.74 Å². The molecule has 0 saturated heterocycles. The van der Waals surface area contributed by atoms with Gasteiger partial charge < -0.3 is 9.84 Å². The fourth-order valence-electron chi connectivity index (χ4n) is 2.46. The van der Waals surface area contributed by atoms with E-state index in [2.05, 4.69) is 0 Å². The summed E-state index contributed by atoms with van der Waals surface area (Å²) in [6, 6.07) is 8.69. The van der Waals surface area contributed by atoms with Crippen molar-refractivity contribution in [2.45, 2.75) is 19.4 Å². The van der Waals surface area contributed by atoms with Crippen molar-refractivity contribution < 1.29 is 23.8 Å². The van der Waals surface area contributed by atoms with Gasteiger partial charge in [0.1, 0.15) is 18.2 Å². The molecule has 0 bridgehead atoms. The van der Waals surface area contributed by atoms with Gasteiger partial charge in [-0.2, -0.15) is 0 Å². The minimum atomic E-state index is -0.953. The van der Waals surface area contributed by atoms with E-state index in [4.69, 9.17) is 9.84 Å². The van der Waals surface area contributed by atoms with E-state index >= 15 is 0 Å². The van der Waals surface area contributed by atoms with E-state index in [1.54, 1.807) is 25.1 Å². The van der Waals surface area contributed by atoms with Gasteiger partial charge in [0.15, 0.2) is 5.78 Å². The smallest absolute Gasteiger partial charge is 0.310 e. The number of aliphatic carboxylic acids is 1. The molecule has 0 unspecified atom stereocenters. The van der Waals surface area contributed by atoms with Crippen LogP contribution in [-0.2, 0) is 11.4 Å². The van der Waals surface area contributed by atoms with E-state index < -0.39 is 17.7 Å². The Kier molecular flexibility index (Phi) is 3.41. The highest BCUT2D eigenvalue weighted by atomic mass is 19.1. The number of rotatable bonds is 2. The van der Waals surface area contributed by atoms with Crippen molar-refractivity contribution in [1.82, 2.24) is 0 Å². The summed E-state index contributed by atoms with van der Waals surface area (Å²) < 4.78 is 18.9. The first-order chi connectivity index (χ1) is 10.5. The number of fused-ring (bicyclic) bond motifs is 2. The molecule has 1 N–H and O–H groups in total. The number of halogens is 1. The Bertz CT molecular complexity index is 782. The molecule has 3 rings (SSSR count). The first kappa shape index (κ1) is 14.3. The van der Waals surface area contributed by atoms with Gasteiger partial charge in [0.25, 0.3) is 0 Å². The van der Waals surface area contributed by atoms with Crippen LogP contribution in [0.4, 0.5) is 4.39 Å². The molecule has 22 heavy (non-hydrogen) atoms. The van der Waals surface area contributed by atoms with E-state index in [9.17, 15) is 14.0 Å². The summed E-state index contributed by atoms with van der Waals surface area (Å²) in [6.45, 7) is 1.63. The fourth-order valence-corrected chi connectivity index (χ4v) is 2.46.